The molecule has 3 rings (SSSR count). The molecule has 2 aromatic rings. The van der Waals surface area contributed by atoms with E-state index in [1.54, 1.807) is 18.2 Å². The average Bonchev–Trinajstić information content (AvgIpc) is 3.00. The Morgan fingerprint density at radius 1 is 1.26 bits per heavy atom. The van der Waals surface area contributed by atoms with Crippen LogP contribution in [0, 0.1) is 5.92 Å². The predicted molar refractivity (Wildman–Crippen MR) is 92.9 cm³/mol. The molecule has 0 amide bonds. The highest BCUT2D eigenvalue weighted by Crippen LogP contribution is 2.28. The summed E-state index contributed by atoms with van der Waals surface area (Å²) >= 11 is 12.2. The minimum Gasteiger partial charge on any atom is -0.339 e. The first-order valence-electron chi connectivity index (χ1n) is 8.12. The zero-order valence-corrected chi connectivity index (χ0v) is 14.8. The van der Waals surface area contributed by atoms with Crippen molar-refractivity contribution in [2.45, 2.75) is 32.6 Å². The lowest BCUT2D eigenvalue weighted by molar-refractivity contribution is 0.189. The molecule has 1 fully saturated rings. The molecule has 1 aliphatic rings. The van der Waals surface area contributed by atoms with E-state index in [2.05, 4.69) is 22.0 Å². The topological polar surface area (TPSA) is 42.2 Å². The molecule has 0 aliphatic carbocycles. The normalized spacial score (nSPS) is 16.8. The maximum absolute atomic E-state index is 6.17. The fraction of sp³-hybridized carbons (Fsp3) is 0.529. The maximum atomic E-state index is 6.17. The third-order valence-electron chi connectivity index (χ3n) is 4.38. The van der Waals surface area contributed by atoms with E-state index in [4.69, 9.17) is 27.7 Å². The molecule has 124 valence electrons. The molecule has 0 atom stereocenters. The Morgan fingerprint density at radius 2 is 2.04 bits per heavy atom. The van der Waals surface area contributed by atoms with Gasteiger partial charge in [0.05, 0.1) is 5.02 Å². The lowest BCUT2D eigenvalue weighted by Crippen LogP contribution is -2.33. The van der Waals surface area contributed by atoms with Gasteiger partial charge in [0.1, 0.15) is 0 Å². The summed E-state index contributed by atoms with van der Waals surface area (Å²) in [6, 6.07) is 5.24. The average molecular weight is 354 g/mol. The molecule has 2 heterocycles. The van der Waals surface area contributed by atoms with E-state index in [9.17, 15) is 0 Å². The van der Waals surface area contributed by atoms with Gasteiger partial charge in [-0.05, 0) is 63.0 Å². The van der Waals surface area contributed by atoms with Crippen LogP contribution in [0.4, 0.5) is 0 Å². The first-order valence-corrected chi connectivity index (χ1v) is 8.88. The standard InChI is InChI=1S/C17H21Cl2N3O/c1-12-6-9-22(10-7-12)8-2-3-16-20-17(21-23-16)14-11-13(18)4-5-15(14)19/h4-5,11-12H,2-3,6-10H2,1H3. The highest BCUT2D eigenvalue weighted by Gasteiger charge is 2.16. The molecular formula is C17H21Cl2N3O. The van der Waals surface area contributed by atoms with E-state index >= 15 is 0 Å². The van der Waals surface area contributed by atoms with Gasteiger partial charge < -0.3 is 9.42 Å². The molecule has 1 aliphatic heterocycles. The van der Waals surface area contributed by atoms with Crippen LogP contribution in [-0.4, -0.2) is 34.7 Å². The molecule has 23 heavy (non-hydrogen) atoms. The van der Waals surface area contributed by atoms with Crippen molar-refractivity contribution in [2.75, 3.05) is 19.6 Å². The molecule has 0 unspecified atom stereocenters. The number of hydrogen-bond acceptors (Lipinski definition) is 4. The minimum absolute atomic E-state index is 0.499. The third-order valence-corrected chi connectivity index (χ3v) is 4.94. The van der Waals surface area contributed by atoms with Gasteiger partial charge in [0, 0.05) is 17.0 Å². The molecule has 0 spiro atoms. The zero-order chi connectivity index (χ0) is 16.2. The van der Waals surface area contributed by atoms with Crippen LogP contribution < -0.4 is 0 Å². The highest BCUT2D eigenvalue weighted by atomic mass is 35.5. The fourth-order valence-corrected chi connectivity index (χ4v) is 3.25. The second kappa shape index (κ2) is 7.65. The van der Waals surface area contributed by atoms with Gasteiger partial charge in [0.15, 0.2) is 0 Å². The van der Waals surface area contributed by atoms with Gasteiger partial charge in [-0.2, -0.15) is 4.98 Å². The highest BCUT2D eigenvalue weighted by molar-refractivity contribution is 6.35. The smallest absolute Gasteiger partial charge is 0.227 e. The van der Waals surface area contributed by atoms with Gasteiger partial charge in [-0.15, -0.1) is 0 Å². The van der Waals surface area contributed by atoms with Crippen molar-refractivity contribution in [1.82, 2.24) is 15.0 Å². The number of rotatable bonds is 5. The van der Waals surface area contributed by atoms with Gasteiger partial charge in [0.25, 0.3) is 0 Å². The molecule has 0 N–H and O–H groups in total. The summed E-state index contributed by atoms with van der Waals surface area (Å²) in [5, 5.41) is 5.20. The summed E-state index contributed by atoms with van der Waals surface area (Å²) in [6.07, 6.45) is 4.42. The molecule has 0 bridgehead atoms. The molecule has 1 aromatic heterocycles. The number of likely N-dealkylation sites (tertiary alicyclic amines) is 1. The van der Waals surface area contributed by atoms with Crippen LogP contribution in [0.3, 0.4) is 0 Å². The van der Waals surface area contributed by atoms with E-state index in [1.807, 2.05) is 0 Å². The monoisotopic (exact) mass is 353 g/mol. The van der Waals surface area contributed by atoms with E-state index in [1.165, 1.54) is 25.9 Å². The van der Waals surface area contributed by atoms with Gasteiger partial charge in [-0.25, -0.2) is 0 Å². The summed E-state index contributed by atoms with van der Waals surface area (Å²) < 4.78 is 5.34. The molecule has 4 nitrogen and oxygen atoms in total. The van der Waals surface area contributed by atoms with E-state index < -0.39 is 0 Å². The van der Waals surface area contributed by atoms with Crippen LogP contribution in [0.5, 0.6) is 0 Å². The Morgan fingerprint density at radius 3 is 2.83 bits per heavy atom. The Hall–Kier alpha value is -1.10. The number of aryl methyl sites for hydroxylation is 1. The van der Waals surface area contributed by atoms with Crippen LogP contribution >= 0.6 is 23.2 Å². The SMILES string of the molecule is CC1CCN(CCCc2nc(-c3cc(Cl)ccc3Cl)no2)CC1. The van der Waals surface area contributed by atoms with Crippen molar-refractivity contribution in [1.29, 1.82) is 0 Å². The Kier molecular flexibility index (Phi) is 5.57. The molecule has 0 radical (unpaired) electrons. The Bertz CT molecular complexity index is 651. The molecule has 1 saturated heterocycles. The summed E-state index contributed by atoms with van der Waals surface area (Å²) in [4.78, 5) is 6.96. The van der Waals surface area contributed by atoms with E-state index in [-0.39, 0.29) is 0 Å². The second-order valence-corrected chi connectivity index (χ2v) is 7.11. The maximum Gasteiger partial charge on any atom is 0.227 e. The summed E-state index contributed by atoms with van der Waals surface area (Å²) in [7, 11) is 0. The fourth-order valence-electron chi connectivity index (χ4n) is 2.87. The number of benzene rings is 1. The van der Waals surface area contributed by atoms with Crippen LogP contribution in [0.1, 0.15) is 32.1 Å². The van der Waals surface area contributed by atoms with Crippen molar-refractivity contribution in [3.63, 3.8) is 0 Å². The third kappa shape index (κ3) is 4.46. The molecule has 0 saturated carbocycles. The van der Waals surface area contributed by atoms with Gasteiger partial charge in [-0.3, -0.25) is 0 Å². The first kappa shape index (κ1) is 16.7. The lowest BCUT2D eigenvalue weighted by Gasteiger charge is -2.29. The quantitative estimate of drug-likeness (QED) is 0.780. The van der Waals surface area contributed by atoms with Crippen molar-refractivity contribution in [2.24, 2.45) is 5.92 Å². The second-order valence-electron chi connectivity index (χ2n) is 6.26. The van der Waals surface area contributed by atoms with E-state index in [0.29, 0.717) is 27.3 Å². The minimum atomic E-state index is 0.499. The predicted octanol–water partition coefficient (Wildman–Crippen LogP) is 4.71. The van der Waals surface area contributed by atoms with E-state index in [0.717, 1.165) is 25.3 Å². The number of nitrogens with zero attached hydrogens (tertiary/aromatic N) is 3. The number of aromatic nitrogens is 2. The largest absolute Gasteiger partial charge is 0.339 e. The summed E-state index contributed by atoms with van der Waals surface area (Å²) in [5.41, 5.74) is 0.708. The molecule has 1 aromatic carbocycles. The van der Waals surface area contributed by atoms with Gasteiger partial charge in [0.2, 0.25) is 11.7 Å². The molecule has 6 heteroatoms. The van der Waals surface area contributed by atoms with Crippen molar-refractivity contribution in [3.8, 4) is 11.4 Å². The Labute approximate surface area is 146 Å². The van der Waals surface area contributed by atoms with Crippen LogP contribution in [-0.2, 0) is 6.42 Å². The summed E-state index contributed by atoms with van der Waals surface area (Å²) in [6.45, 7) is 5.82. The number of halogens is 2. The lowest BCUT2D eigenvalue weighted by atomic mass is 9.99. The van der Waals surface area contributed by atoms with Crippen molar-refractivity contribution >= 4 is 23.2 Å². The molecular weight excluding hydrogens is 333 g/mol. The van der Waals surface area contributed by atoms with Crippen LogP contribution in [0.15, 0.2) is 22.7 Å². The van der Waals surface area contributed by atoms with Crippen LogP contribution in [0.25, 0.3) is 11.4 Å². The summed E-state index contributed by atoms with van der Waals surface area (Å²) in [5.74, 6) is 2.02. The van der Waals surface area contributed by atoms with Crippen LogP contribution in [0.2, 0.25) is 10.0 Å². The van der Waals surface area contributed by atoms with Gasteiger partial charge in [-0.1, -0.05) is 35.3 Å². The first-order chi connectivity index (χ1) is 11.1. The Balaban J connectivity index is 1.54. The zero-order valence-electron chi connectivity index (χ0n) is 13.3. The van der Waals surface area contributed by atoms with Gasteiger partial charge >= 0.3 is 0 Å². The van der Waals surface area contributed by atoms with Crippen molar-refractivity contribution < 1.29 is 4.52 Å². The number of piperidine rings is 1. The number of hydrogen-bond donors (Lipinski definition) is 0. The van der Waals surface area contributed by atoms with Crippen molar-refractivity contribution in [3.05, 3.63) is 34.1 Å².